The maximum Gasteiger partial charge on any atom is 0.0668 e. The monoisotopic (exact) mass is 250 g/mol. The predicted octanol–water partition coefficient (Wildman–Crippen LogP) is 2.93. The van der Waals surface area contributed by atoms with Crippen LogP contribution in [0.5, 0.6) is 0 Å². The van der Waals surface area contributed by atoms with Gasteiger partial charge in [-0.05, 0) is 37.9 Å². The largest absolute Gasteiger partial charge is 0.367 e. The molecule has 2 heterocycles. The number of piperazine rings is 1. The molecule has 92 valence electrons. The van der Waals surface area contributed by atoms with Gasteiger partial charge in [0.1, 0.15) is 0 Å². The van der Waals surface area contributed by atoms with Crippen molar-refractivity contribution in [2.24, 2.45) is 0 Å². The molecule has 2 saturated heterocycles. The number of nitrogens with zero attached hydrogens (tertiary/aromatic N) is 2. The predicted molar refractivity (Wildman–Crippen MR) is 73.0 cm³/mol. The molecule has 0 amide bonds. The van der Waals surface area contributed by atoms with Crippen molar-refractivity contribution in [2.75, 3.05) is 31.1 Å². The van der Waals surface area contributed by atoms with Crippen molar-refractivity contribution in [1.82, 2.24) is 4.90 Å². The Morgan fingerprint density at radius 1 is 1.24 bits per heavy atom. The Labute approximate surface area is 108 Å². The molecule has 1 unspecified atom stereocenters. The third-order valence-corrected chi connectivity index (χ3v) is 4.59. The summed E-state index contributed by atoms with van der Waals surface area (Å²) in [6.07, 6.45) is 2.71. The van der Waals surface area contributed by atoms with E-state index < -0.39 is 0 Å². The smallest absolute Gasteiger partial charge is 0.0668 e. The number of hydrogen-bond acceptors (Lipinski definition) is 2. The van der Waals surface area contributed by atoms with E-state index in [4.69, 9.17) is 11.6 Å². The number of fused-ring (bicyclic) bond motifs is 1. The van der Waals surface area contributed by atoms with Gasteiger partial charge in [-0.2, -0.15) is 0 Å². The average molecular weight is 251 g/mol. The van der Waals surface area contributed by atoms with E-state index in [-0.39, 0.29) is 0 Å². The van der Waals surface area contributed by atoms with Gasteiger partial charge in [0.25, 0.3) is 0 Å². The Morgan fingerprint density at radius 3 is 3.00 bits per heavy atom. The molecule has 0 aromatic heterocycles. The quantitative estimate of drug-likeness (QED) is 0.756. The highest BCUT2D eigenvalue weighted by Gasteiger charge is 2.31. The number of benzene rings is 1. The molecule has 2 fully saturated rings. The van der Waals surface area contributed by atoms with Gasteiger partial charge in [0.2, 0.25) is 0 Å². The van der Waals surface area contributed by atoms with Crippen molar-refractivity contribution in [3.63, 3.8) is 0 Å². The van der Waals surface area contributed by atoms with E-state index in [0.717, 1.165) is 24.2 Å². The van der Waals surface area contributed by atoms with E-state index >= 15 is 0 Å². The van der Waals surface area contributed by atoms with Gasteiger partial charge in [0.15, 0.2) is 0 Å². The lowest BCUT2D eigenvalue weighted by Crippen LogP contribution is -2.50. The first kappa shape index (κ1) is 11.4. The van der Waals surface area contributed by atoms with Gasteiger partial charge in [-0.3, -0.25) is 4.90 Å². The van der Waals surface area contributed by atoms with Crippen LogP contribution in [-0.2, 0) is 0 Å². The highest BCUT2D eigenvalue weighted by Crippen LogP contribution is 2.32. The summed E-state index contributed by atoms with van der Waals surface area (Å²) in [6.45, 7) is 6.81. The summed E-state index contributed by atoms with van der Waals surface area (Å²) in [7, 11) is 0. The normalized spacial score (nSPS) is 25.1. The lowest BCUT2D eigenvalue weighted by Gasteiger charge is -2.39. The van der Waals surface area contributed by atoms with Crippen LogP contribution < -0.4 is 4.90 Å². The molecule has 3 heteroatoms. The van der Waals surface area contributed by atoms with Gasteiger partial charge in [0, 0.05) is 25.7 Å². The van der Waals surface area contributed by atoms with Crippen molar-refractivity contribution in [3.05, 3.63) is 28.8 Å². The van der Waals surface area contributed by atoms with Gasteiger partial charge in [0.05, 0.1) is 10.7 Å². The summed E-state index contributed by atoms with van der Waals surface area (Å²) >= 11 is 6.41. The highest BCUT2D eigenvalue weighted by molar-refractivity contribution is 6.34. The first-order valence-electron chi connectivity index (χ1n) is 6.50. The van der Waals surface area contributed by atoms with Crippen molar-refractivity contribution in [3.8, 4) is 0 Å². The van der Waals surface area contributed by atoms with Crippen molar-refractivity contribution in [1.29, 1.82) is 0 Å². The van der Waals surface area contributed by atoms with Crippen LogP contribution >= 0.6 is 11.6 Å². The second-order valence-electron chi connectivity index (χ2n) is 5.19. The average Bonchev–Trinajstić information content (AvgIpc) is 2.79. The van der Waals surface area contributed by atoms with Crippen molar-refractivity contribution < 1.29 is 0 Å². The number of rotatable bonds is 1. The summed E-state index contributed by atoms with van der Waals surface area (Å²) < 4.78 is 0. The van der Waals surface area contributed by atoms with Crippen molar-refractivity contribution in [2.45, 2.75) is 25.8 Å². The van der Waals surface area contributed by atoms with Gasteiger partial charge in [-0.1, -0.05) is 23.7 Å². The van der Waals surface area contributed by atoms with Crippen LogP contribution in [0.15, 0.2) is 18.2 Å². The molecule has 0 N–H and O–H groups in total. The minimum absolute atomic E-state index is 0.750. The molecule has 3 rings (SSSR count). The van der Waals surface area contributed by atoms with E-state index in [1.807, 2.05) is 0 Å². The summed E-state index contributed by atoms with van der Waals surface area (Å²) in [5.41, 5.74) is 2.40. The molecular formula is C14H19ClN2. The van der Waals surface area contributed by atoms with Crippen LogP contribution in [0.3, 0.4) is 0 Å². The Bertz CT molecular complexity index is 419. The standard InChI is InChI=1S/C14H19ClN2/c1-11-4-2-6-13(14(11)15)17-9-8-16-7-3-5-12(16)10-17/h2,4,6,12H,3,5,7-10H2,1H3. The lowest BCUT2D eigenvalue weighted by molar-refractivity contribution is 0.231. The first-order valence-corrected chi connectivity index (χ1v) is 6.87. The van der Waals surface area contributed by atoms with Crippen LogP contribution in [0.1, 0.15) is 18.4 Å². The zero-order valence-corrected chi connectivity index (χ0v) is 11.1. The fourth-order valence-electron chi connectivity index (χ4n) is 3.09. The Kier molecular flexibility index (Phi) is 3.01. The lowest BCUT2D eigenvalue weighted by atomic mass is 10.1. The number of aryl methyl sites for hydroxylation is 1. The van der Waals surface area contributed by atoms with Crippen LogP contribution in [0.4, 0.5) is 5.69 Å². The molecule has 0 saturated carbocycles. The van der Waals surface area contributed by atoms with Crippen LogP contribution in [0, 0.1) is 6.92 Å². The molecule has 0 radical (unpaired) electrons. The summed E-state index contributed by atoms with van der Waals surface area (Å²) in [5.74, 6) is 0. The van der Waals surface area contributed by atoms with Gasteiger partial charge in [-0.15, -0.1) is 0 Å². The maximum atomic E-state index is 6.41. The second-order valence-corrected chi connectivity index (χ2v) is 5.56. The van der Waals surface area contributed by atoms with Crippen LogP contribution in [-0.4, -0.2) is 37.1 Å². The number of halogens is 1. The van der Waals surface area contributed by atoms with E-state index in [1.165, 1.54) is 37.2 Å². The molecule has 0 spiro atoms. The Hall–Kier alpha value is -0.730. The van der Waals surface area contributed by atoms with E-state index in [9.17, 15) is 0 Å². The third-order valence-electron chi connectivity index (χ3n) is 4.10. The molecule has 0 bridgehead atoms. The molecular weight excluding hydrogens is 232 g/mol. The SMILES string of the molecule is Cc1cccc(N2CCN3CCCC3C2)c1Cl. The fourth-order valence-corrected chi connectivity index (χ4v) is 3.33. The van der Waals surface area contributed by atoms with Crippen molar-refractivity contribution >= 4 is 17.3 Å². The number of anilines is 1. The molecule has 1 aromatic rings. The summed E-state index contributed by atoms with van der Waals surface area (Å²) in [6, 6.07) is 7.09. The molecule has 2 nitrogen and oxygen atoms in total. The number of hydrogen-bond donors (Lipinski definition) is 0. The van der Waals surface area contributed by atoms with Gasteiger partial charge >= 0.3 is 0 Å². The maximum absolute atomic E-state index is 6.41. The first-order chi connectivity index (χ1) is 8.25. The minimum atomic E-state index is 0.750. The Morgan fingerprint density at radius 2 is 2.12 bits per heavy atom. The molecule has 1 aromatic carbocycles. The van der Waals surface area contributed by atoms with E-state index in [2.05, 4.69) is 34.9 Å². The minimum Gasteiger partial charge on any atom is -0.367 e. The van der Waals surface area contributed by atoms with Crippen LogP contribution in [0.2, 0.25) is 5.02 Å². The van der Waals surface area contributed by atoms with Gasteiger partial charge in [-0.25, -0.2) is 0 Å². The highest BCUT2D eigenvalue weighted by atomic mass is 35.5. The molecule has 17 heavy (non-hydrogen) atoms. The Balaban J connectivity index is 1.82. The molecule has 1 atom stereocenters. The summed E-state index contributed by atoms with van der Waals surface area (Å²) in [4.78, 5) is 5.09. The molecule has 2 aliphatic heterocycles. The third kappa shape index (κ3) is 2.04. The topological polar surface area (TPSA) is 6.48 Å². The zero-order chi connectivity index (χ0) is 11.8. The van der Waals surface area contributed by atoms with Crippen LogP contribution in [0.25, 0.3) is 0 Å². The van der Waals surface area contributed by atoms with E-state index in [0.29, 0.717) is 0 Å². The molecule has 0 aliphatic carbocycles. The fraction of sp³-hybridized carbons (Fsp3) is 0.571. The second kappa shape index (κ2) is 4.51. The zero-order valence-electron chi connectivity index (χ0n) is 10.3. The summed E-state index contributed by atoms with van der Waals surface area (Å²) in [5, 5.41) is 0.930. The van der Waals surface area contributed by atoms with E-state index in [1.54, 1.807) is 0 Å². The molecule has 2 aliphatic rings. The van der Waals surface area contributed by atoms with Gasteiger partial charge < -0.3 is 4.90 Å².